The van der Waals surface area contributed by atoms with Gasteiger partial charge in [-0.25, -0.2) is 9.97 Å². The van der Waals surface area contributed by atoms with Gasteiger partial charge in [0.15, 0.2) is 5.78 Å². The molecule has 2 aromatic heterocycles. The molecular formula is C22H27N5O2. The van der Waals surface area contributed by atoms with Gasteiger partial charge in [0.2, 0.25) is 0 Å². The Labute approximate surface area is 170 Å². The van der Waals surface area contributed by atoms with Crippen molar-refractivity contribution in [1.29, 1.82) is 0 Å². The van der Waals surface area contributed by atoms with Gasteiger partial charge in [0, 0.05) is 31.4 Å². The number of nitrogens with one attached hydrogen (secondary N) is 2. The highest BCUT2D eigenvalue weighted by atomic mass is 16.3. The number of aromatic amines is 1. The van der Waals surface area contributed by atoms with Gasteiger partial charge in [0.25, 0.3) is 0 Å². The van der Waals surface area contributed by atoms with Crippen molar-refractivity contribution >= 4 is 28.3 Å². The van der Waals surface area contributed by atoms with Gasteiger partial charge in [-0.3, -0.25) is 4.79 Å². The average molecular weight is 393 g/mol. The number of hydrogen-bond acceptors (Lipinski definition) is 6. The lowest BCUT2D eigenvalue weighted by atomic mass is 9.89. The Balaban J connectivity index is 1.44. The van der Waals surface area contributed by atoms with Crippen LogP contribution in [0.15, 0.2) is 48.9 Å². The van der Waals surface area contributed by atoms with Gasteiger partial charge in [-0.05, 0) is 43.9 Å². The molecule has 1 saturated heterocycles. The summed E-state index contributed by atoms with van der Waals surface area (Å²) < 4.78 is 0. The Morgan fingerprint density at radius 3 is 2.93 bits per heavy atom. The highest BCUT2D eigenvalue weighted by Crippen LogP contribution is 2.28. The molecular weight excluding hydrogens is 366 g/mol. The van der Waals surface area contributed by atoms with Crippen molar-refractivity contribution in [3.05, 3.63) is 48.9 Å². The van der Waals surface area contributed by atoms with E-state index < -0.39 is 12.1 Å². The number of ketones is 1. The molecule has 0 radical (unpaired) electrons. The van der Waals surface area contributed by atoms with Crippen molar-refractivity contribution in [2.45, 2.75) is 38.3 Å². The molecule has 29 heavy (non-hydrogen) atoms. The summed E-state index contributed by atoms with van der Waals surface area (Å²) in [5, 5.41) is 14.4. The van der Waals surface area contributed by atoms with Crippen LogP contribution >= 0.6 is 0 Å². The standard InChI is InChI=1S/C22H27N5O2/c1-15(28)20(26-17-7-3-2-4-8-17)19(29)12-16-6-5-11-27(13-16)22-18-9-10-23-21(18)24-14-25-22/h2-4,7-10,14-16,20,26,28H,5-6,11-13H2,1H3,(H,23,24,25)/t15-,16-,20+/m0/s1. The van der Waals surface area contributed by atoms with E-state index >= 15 is 0 Å². The highest BCUT2D eigenvalue weighted by Gasteiger charge is 2.29. The van der Waals surface area contributed by atoms with Gasteiger partial charge in [0.05, 0.1) is 11.5 Å². The Bertz CT molecular complexity index is 956. The summed E-state index contributed by atoms with van der Waals surface area (Å²) in [6.07, 6.45) is 5.14. The van der Waals surface area contributed by atoms with E-state index in [9.17, 15) is 9.90 Å². The topological polar surface area (TPSA) is 94.1 Å². The molecule has 3 N–H and O–H groups in total. The van der Waals surface area contributed by atoms with Crippen LogP contribution in [0, 0.1) is 5.92 Å². The van der Waals surface area contributed by atoms with Crippen LogP contribution < -0.4 is 10.2 Å². The number of nitrogens with zero attached hydrogens (tertiary/aromatic N) is 3. The lowest BCUT2D eigenvalue weighted by Gasteiger charge is -2.34. The van der Waals surface area contributed by atoms with Gasteiger partial charge in [-0.15, -0.1) is 0 Å². The van der Waals surface area contributed by atoms with E-state index in [1.165, 1.54) is 0 Å². The molecule has 0 aliphatic carbocycles. The summed E-state index contributed by atoms with van der Waals surface area (Å²) in [6.45, 7) is 3.36. The molecule has 0 bridgehead atoms. The van der Waals surface area contributed by atoms with Gasteiger partial charge in [-0.1, -0.05) is 18.2 Å². The van der Waals surface area contributed by atoms with E-state index in [0.717, 1.165) is 48.5 Å². The smallest absolute Gasteiger partial charge is 0.158 e. The predicted molar refractivity (Wildman–Crippen MR) is 114 cm³/mol. The van der Waals surface area contributed by atoms with E-state index in [1.807, 2.05) is 42.6 Å². The molecule has 0 unspecified atom stereocenters. The number of benzene rings is 1. The second kappa shape index (κ2) is 8.61. The summed E-state index contributed by atoms with van der Waals surface area (Å²) in [5.41, 5.74) is 1.67. The number of H-pyrrole nitrogens is 1. The maximum atomic E-state index is 13.0. The summed E-state index contributed by atoms with van der Waals surface area (Å²) in [5.74, 6) is 1.20. The third-order valence-corrected chi connectivity index (χ3v) is 5.57. The number of aromatic nitrogens is 3. The highest BCUT2D eigenvalue weighted by molar-refractivity contribution is 5.88. The number of aliphatic hydroxyl groups is 1. The fourth-order valence-electron chi connectivity index (χ4n) is 4.13. The minimum Gasteiger partial charge on any atom is -0.391 e. The Morgan fingerprint density at radius 2 is 2.14 bits per heavy atom. The first-order valence-electron chi connectivity index (χ1n) is 10.2. The average Bonchev–Trinajstić information content (AvgIpc) is 3.21. The number of piperidine rings is 1. The lowest BCUT2D eigenvalue weighted by molar-refractivity contribution is -0.122. The third-order valence-electron chi connectivity index (χ3n) is 5.57. The van der Waals surface area contributed by atoms with Crippen LogP contribution in [0.25, 0.3) is 11.0 Å². The number of Topliss-reactive ketones (excluding diaryl/α,β-unsaturated/α-hetero) is 1. The second-order valence-corrected chi connectivity index (χ2v) is 7.79. The van der Waals surface area contributed by atoms with Crippen LogP contribution in [0.2, 0.25) is 0 Å². The number of fused-ring (bicyclic) bond motifs is 1. The molecule has 152 valence electrons. The number of carbonyl (C=O) groups excluding carboxylic acids is 1. The van der Waals surface area contributed by atoms with E-state index in [2.05, 4.69) is 25.2 Å². The van der Waals surface area contributed by atoms with Crippen LogP contribution in [0.3, 0.4) is 0 Å². The van der Waals surface area contributed by atoms with Crippen molar-refractivity contribution in [3.63, 3.8) is 0 Å². The van der Waals surface area contributed by atoms with Crippen molar-refractivity contribution in [1.82, 2.24) is 15.0 Å². The Kier molecular flexibility index (Phi) is 5.76. The van der Waals surface area contributed by atoms with Crippen LogP contribution in [-0.2, 0) is 4.79 Å². The molecule has 1 fully saturated rings. The fourth-order valence-corrected chi connectivity index (χ4v) is 4.13. The van der Waals surface area contributed by atoms with Crippen LogP contribution in [0.1, 0.15) is 26.2 Å². The van der Waals surface area contributed by atoms with Gasteiger partial charge >= 0.3 is 0 Å². The number of hydrogen-bond donors (Lipinski definition) is 3. The maximum absolute atomic E-state index is 13.0. The molecule has 0 amide bonds. The monoisotopic (exact) mass is 393 g/mol. The second-order valence-electron chi connectivity index (χ2n) is 7.79. The Hall–Kier alpha value is -2.93. The van der Waals surface area contributed by atoms with E-state index in [0.29, 0.717) is 6.42 Å². The molecule has 7 nitrogen and oxygen atoms in total. The first-order chi connectivity index (χ1) is 14.1. The normalized spacial score (nSPS) is 19.1. The van der Waals surface area contributed by atoms with E-state index in [4.69, 9.17) is 0 Å². The number of para-hydroxylation sites is 1. The van der Waals surface area contributed by atoms with Crippen molar-refractivity contribution in [3.8, 4) is 0 Å². The molecule has 0 saturated carbocycles. The van der Waals surface area contributed by atoms with Crippen molar-refractivity contribution < 1.29 is 9.90 Å². The van der Waals surface area contributed by atoms with E-state index in [1.54, 1.807) is 13.3 Å². The SMILES string of the molecule is C[C@H](O)[C@@H](Nc1ccccc1)C(=O)C[C@@H]1CCCN(c2ncnc3[nH]ccc23)C1. The number of anilines is 2. The predicted octanol–water partition coefficient (Wildman–Crippen LogP) is 3.00. The van der Waals surface area contributed by atoms with Gasteiger partial charge < -0.3 is 20.3 Å². The van der Waals surface area contributed by atoms with Crippen molar-refractivity contribution in [2.75, 3.05) is 23.3 Å². The van der Waals surface area contributed by atoms with Gasteiger partial charge in [-0.2, -0.15) is 0 Å². The molecule has 3 aromatic rings. The largest absolute Gasteiger partial charge is 0.391 e. The molecule has 1 aliphatic rings. The molecule has 1 aromatic carbocycles. The van der Waals surface area contributed by atoms with Gasteiger partial charge in [0.1, 0.15) is 23.8 Å². The summed E-state index contributed by atoms with van der Waals surface area (Å²) >= 11 is 0. The minimum absolute atomic E-state index is 0.0465. The quantitative estimate of drug-likeness (QED) is 0.571. The molecule has 3 heterocycles. The zero-order chi connectivity index (χ0) is 20.2. The zero-order valence-corrected chi connectivity index (χ0v) is 16.6. The number of carbonyl (C=O) groups is 1. The first kappa shape index (κ1) is 19.4. The lowest BCUT2D eigenvalue weighted by Crippen LogP contribution is -2.42. The summed E-state index contributed by atoms with van der Waals surface area (Å²) in [7, 11) is 0. The van der Waals surface area contributed by atoms with Crippen LogP contribution in [0.4, 0.5) is 11.5 Å². The summed E-state index contributed by atoms with van der Waals surface area (Å²) in [4.78, 5) is 27.1. The zero-order valence-electron chi connectivity index (χ0n) is 16.6. The summed E-state index contributed by atoms with van der Waals surface area (Å²) in [6, 6.07) is 10.9. The molecule has 3 atom stereocenters. The molecule has 7 heteroatoms. The fraction of sp³-hybridized carbons (Fsp3) is 0.409. The molecule has 4 rings (SSSR count). The number of aliphatic hydroxyl groups excluding tert-OH is 1. The maximum Gasteiger partial charge on any atom is 0.158 e. The molecule has 0 spiro atoms. The van der Waals surface area contributed by atoms with Crippen LogP contribution in [-0.4, -0.2) is 51.1 Å². The third kappa shape index (κ3) is 4.40. The minimum atomic E-state index is -0.760. The first-order valence-corrected chi connectivity index (χ1v) is 10.2. The molecule has 1 aliphatic heterocycles. The van der Waals surface area contributed by atoms with Crippen LogP contribution in [0.5, 0.6) is 0 Å². The van der Waals surface area contributed by atoms with E-state index in [-0.39, 0.29) is 11.7 Å². The Morgan fingerprint density at radius 1 is 1.31 bits per heavy atom. The van der Waals surface area contributed by atoms with Crippen molar-refractivity contribution in [2.24, 2.45) is 5.92 Å². The number of rotatable bonds is 7.